The van der Waals surface area contributed by atoms with Crippen LogP contribution in [0.2, 0.25) is 0 Å². The number of urea groups is 1. The largest absolute Gasteiger partial charge is 0.327 e. The molecular formula is C22H33N3O2. The van der Waals surface area contributed by atoms with Gasteiger partial charge >= 0.3 is 6.03 Å². The average Bonchev–Trinajstić information content (AvgIpc) is 2.83. The lowest BCUT2D eigenvalue weighted by molar-refractivity contribution is -0.136. The van der Waals surface area contributed by atoms with E-state index in [0.29, 0.717) is 12.5 Å². The SMILES string of the molecule is CC(C)CN1CCC2(CC1)C(=O)N(C(C)C)C(=O)N2CCc1ccccc1. The normalized spacial score (nSPS) is 20.5. The van der Waals surface area contributed by atoms with Crippen LogP contribution in [0.5, 0.6) is 0 Å². The Morgan fingerprint density at radius 2 is 1.63 bits per heavy atom. The Morgan fingerprint density at radius 3 is 2.19 bits per heavy atom. The van der Waals surface area contributed by atoms with Crippen molar-refractivity contribution in [3.05, 3.63) is 35.9 Å². The smallest absolute Gasteiger partial charge is 0.309 e. The molecule has 0 aromatic heterocycles. The molecule has 0 bridgehead atoms. The predicted octanol–water partition coefficient (Wildman–Crippen LogP) is 3.39. The van der Waals surface area contributed by atoms with E-state index in [1.807, 2.05) is 36.9 Å². The highest BCUT2D eigenvalue weighted by molar-refractivity contribution is 6.07. The molecule has 0 radical (unpaired) electrons. The van der Waals surface area contributed by atoms with Gasteiger partial charge in [-0.05, 0) is 44.6 Å². The van der Waals surface area contributed by atoms with Gasteiger partial charge in [0.25, 0.3) is 5.91 Å². The number of likely N-dealkylation sites (tertiary alicyclic amines) is 1. The summed E-state index contributed by atoms with van der Waals surface area (Å²) in [4.78, 5) is 32.3. The average molecular weight is 372 g/mol. The van der Waals surface area contributed by atoms with E-state index < -0.39 is 5.54 Å². The molecule has 0 N–H and O–H groups in total. The molecule has 1 aromatic rings. The second-order valence-corrected chi connectivity index (χ2v) is 8.66. The minimum atomic E-state index is -0.649. The number of imide groups is 1. The quantitative estimate of drug-likeness (QED) is 0.720. The van der Waals surface area contributed by atoms with Crippen molar-refractivity contribution in [3.8, 4) is 0 Å². The van der Waals surface area contributed by atoms with Crippen molar-refractivity contribution in [1.82, 2.24) is 14.7 Å². The second-order valence-electron chi connectivity index (χ2n) is 8.66. The zero-order chi connectivity index (χ0) is 19.6. The van der Waals surface area contributed by atoms with Gasteiger partial charge in [0.2, 0.25) is 0 Å². The number of rotatable bonds is 6. The molecule has 5 nitrogen and oxygen atoms in total. The summed E-state index contributed by atoms with van der Waals surface area (Å²) in [6.07, 6.45) is 2.26. The number of hydrogen-bond donors (Lipinski definition) is 0. The first-order valence-corrected chi connectivity index (χ1v) is 10.3. The van der Waals surface area contributed by atoms with Crippen molar-refractivity contribution in [3.63, 3.8) is 0 Å². The number of carbonyl (C=O) groups is 2. The van der Waals surface area contributed by atoms with Gasteiger partial charge in [-0.1, -0.05) is 44.2 Å². The first kappa shape index (κ1) is 19.9. The third-order valence-corrected chi connectivity index (χ3v) is 5.86. The van der Waals surface area contributed by atoms with Crippen LogP contribution in [0.1, 0.15) is 46.1 Å². The highest BCUT2D eigenvalue weighted by Gasteiger charge is 2.58. The Hall–Kier alpha value is -1.88. The molecule has 148 valence electrons. The van der Waals surface area contributed by atoms with Gasteiger partial charge in [0.05, 0.1) is 0 Å². The van der Waals surface area contributed by atoms with Gasteiger partial charge in [0, 0.05) is 32.2 Å². The van der Waals surface area contributed by atoms with Crippen LogP contribution in [-0.4, -0.2) is 64.4 Å². The van der Waals surface area contributed by atoms with Crippen LogP contribution in [0.15, 0.2) is 30.3 Å². The highest BCUT2D eigenvalue weighted by atomic mass is 16.2. The fourth-order valence-electron chi connectivity index (χ4n) is 4.50. The summed E-state index contributed by atoms with van der Waals surface area (Å²) in [5.74, 6) is 0.626. The Labute approximate surface area is 163 Å². The maximum absolute atomic E-state index is 13.3. The number of amides is 3. The monoisotopic (exact) mass is 371 g/mol. The van der Waals surface area contributed by atoms with E-state index in [2.05, 4.69) is 30.9 Å². The van der Waals surface area contributed by atoms with Crippen molar-refractivity contribution < 1.29 is 9.59 Å². The first-order valence-electron chi connectivity index (χ1n) is 10.3. The second kappa shape index (κ2) is 8.01. The summed E-state index contributed by atoms with van der Waals surface area (Å²) in [7, 11) is 0. The maximum Gasteiger partial charge on any atom is 0.327 e. The minimum Gasteiger partial charge on any atom is -0.309 e. The minimum absolute atomic E-state index is 0.0137. The molecule has 2 aliphatic heterocycles. The van der Waals surface area contributed by atoms with Gasteiger partial charge in [-0.2, -0.15) is 0 Å². The standard InChI is InChI=1S/C22H33N3O2/c1-17(2)16-23-14-11-22(12-15-23)20(26)25(18(3)4)21(27)24(22)13-10-19-8-6-5-7-9-19/h5-9,17-18H,10-16H2,1-4H3. The van der Waals surface area contributed by atoms with Crippen molar-refractivity contribution in [1.29, 1.82) is 0 Å². The van der Waals surface area contributed by atoms with E-state index in [1.165, 1.54) is 10.5 Å². The number of nitrogens with zero attached hydrogens (tertiary/aromatic N) is 3. The molecule has 2 aliphatic rings. The predicted molar refractivity (Wildman–Crippen MR) is 107 cm³/mol. The van der Waals surface area contributed by atoms with Crippen molar-refractivity contribution in [2.45, 2.75) is 58.5 Å². The van der Waals surface area contributed by atoms with Crippen LogP contribution < -0.4 is 0 Å². The van der Waals surface area contributed by atoms with Crippen LogP contribution >= 0.6 is 0 Å². The third kappa shape index (κ3) is 3.88. The van der Waals surface area contributed by atoms with Crippen LogP contribution in [-0.2, 0) is 11.2 Å². The van der Waals surface area contributed by atoms with E-state index in [4.69, 9.17) is 0 Å². The molecule has 2 saturated heterocycles. The molecule has 0 aliphatic carbocycles. The fraction of sp³-hybridized carbons (Fsp3) is 0.636. The van der Waals surface area contributed by atoms with Crippen molar-refractivity contribution in [2.75, 3.05) is 26.2 Å². The van der Waals surface area contributed by atoms with Gasteiger partial charge in [0.1, 0.15) is 5.54 Å². The lowest BCUT2D eigenvalue weighted by atomic mass is 9.85. The van der Waals surface area contributed by atoms with Gasteiger partial charge in [0.15, 0.2) is 0 Å². The molecule has 27 heavy (non-hydrogen) atoms. The Morgan fingerprint density at radius 1 is 1.00 bits per heavy atom. The van der Waals surface area contributed by atoms with Gasteiger partial charge in [-0.3, -0.25) is 9.69 Å². The lowest BCUT2D eigenvalue weighted by Crippen LogP contribution is -2.57. The van der Waals surface area contributed by atoms with Gasteiger partial charge < -0.3 is 9.80 Å². The molecule has 0 atom stereocenters. The van der Waals surface area contributed by atoms with E-state index in [-0.39, 0.29) is 18.0 Å². The van der Waals surface area contributed by atoms with E-state index >= 15 is 0 Å². The Kier molecular flexibility index (Phi) is 5.89. The number of hydrogen-bond acceptors (Lipinski definition) is 3. The topological polar surface area (TPSA) is 43.9 Å². The number of carbonyl (C=O) groups excluding carboxylic acids is 2. The maximum atomic E-state index is 13.3. The molecule has 1 spiro atoms. The fourth-order valence-corrected chi connectivity index (χ4v) is 4.50. The molecule has 2 fully saturated rings. The summed E-state index contributed by atoms with van der Waals surface area (Å²) >= 11 is 0. The van der Waals surface area contributed by atoms with E-state index in [9.17, 15) is 9.59 Å². The zero-order valence-corrected chi connectivity index (χ0v) is 17.1. The molecule has 0 saturated carbocycles. The molecule has 0 unspecified atom stereocenters. The third-order valence-electron chi connectivity index (χ3n) is 5.86. The Bertz CT molecular complexity index is 663. The number of piperidine rings is 1. The summed E-state index contributed by atoms with van der Waals surface area (Å²) in [6, 6.07) is 10.0. The van der Waals surface area contributed by atoms with Crippen LogP contribution in [0.25, 0.3) is 0 Å². The van der Waals surface area contributed by atoms with Gasteiger partial charge in [-0.25, -0.2) is 4.79 Å². The zero-order valence-electron chi connectivity index (χ0n) is 17.1. The lowest BCUT2D eigenvalue weighted by Gasteiger charge is -2.42. The molecule has 3 amide bonds. The highest BCUT2D eigenvalue weighted by Crippen LogP contribution is 2.38. The van der Waals surface area contributed by atoms with E-state index in [1.54, 1.807) is 0 Å². The molecule has 3 rings (SSSR count). The molecule has 1 aromatic carbocycles. The summed E-state index contributed by atoms with van der Waals surface area (Å²) in [5, 5.41) is 0. The molecule has 5 heteroatoms. The van der Waals surface area contributed by atoms with Crippen LogP contribution in [0.3, 0.4) is 0 Å². The molecular weight excluding hydrogens is 338 g/mol. The van der Waals surface area contributed by atoms with Crippen molar-refractivity contribution in [2.24, 2.45) is 5.92 Å². The summed E-state index contributed by atoms with van der Waals surface area (Å²) < 4.78 is 0. The van der Waals surface area contributed by atoms with Crippen LogP contribution in [0, 0.1) is 5.92 Å². The first-order chi connectivity index (χ1) is 12.8. The van der Waals surface area contributed by atoms with Crippen molar-refractivity contribution >= 4 is 11.9 Å². The molecule has 2 heterocycles. The summed E-state index contributed by atoms with van der Waals surface area (Å²) in [6.45, 7) is 11.7. The van der Waals surface area contributed by atoms with Crippen LogP contribution in [0.4, 0.5) is 4.79 Å². The van der Waals surface area contributed by atoms with E-state index in [0.717, 1.165) is 38.9 Å². The Balaban J connectivity index is 1.80. The van der Waals surface area contributed by atoms with Gasteiger partial charge in [-0.15, -0.1) is 0 Å². The number of benzene rings is 1. The summed E-state index contributed by atoms with van der Waals surface area (Å²) in [5.41, 5.74) is 0.553.